The Morgan fingerprint density at radius 2 is 1.77 bits per heavy atom. The molecule has 3 aromatic rings. The minimum atomic E-state index is -3.88. The van der Waals surface area contributed by atoms with Gasteiger partial charge in [0.1, 0.15) is 5.75 Å². The second-order valence-corrected chi connectivity index (χ2v) is 9.17. The molecule has 6 nitrogen and oxygen atoms in total. The van der Waals surface area contributed by atoms with Gasteiger partial charge in [-0.25, -0.2) is 8.42 Å². The first-order valence-corrected chi connectivity index (χ1v) is 11.1. The molecule has 8 heteroatoms. The van der Waals surface area contributed by atoms with E-state index in [1.165, 1.54) is 16.4 Å². The maximum absolute atomic E-state index is 13.3. The lowest BCUT2D eigenvalue weighted by Crippen LogP contribution is -2.48. The van der Waals surface area contributed by atoms with Crippen molar-refractivity contribution in [3.63, 3.8) is 0 Å². The number of nitrogens with one attached hydrogen (secondary N) is 1. The molecule has 3 aromatic carbocycles. The van der Waals surface area contributed by atoms with Crippen LogP contribution < -0.4 is 14.4 Å². The van der Waals surface area contributed by atoms with E-state index in [9.17, 15) is 13.2 Å². The van der Waals surface area contributed by atoms with E-state index in [1.807, 2.05) is 6.92 Å². The number of amides is 1. The molecular formula is C22H19ClN2O4S. The van der Waals surface area contributed by atoms with Crippen LogP contribution in [0.2, 0.25) is 5.02 Å². The molecule has 0 unspecified atom stereocenters. The first-order chi connectivity index (χ1) is 14.4. The number of carbonyl (C=O) groups excluding carboxylic acids is 1. The maximum atomic E-state index is 13.3. The molecule has 0 radical (unpaired) electrons. The lowest BCUT2D eigenvalue weighted by molar-refractivity contribution is -0.122. The van der Waals surface area contributed by atoms with Crippen molar-refractivity contribution in [2.24, 2.45) is 0 Å². The number of fused-ring (bicyclic) bond motifs is 1. The van der Waals surface area contributed by atoms with Gasteiger partial charge in [-0.3, -0.25) is 9.10 Å². The summed E-state index contributed by atoms with van der Waals surface area (Å²) in [6.07, 6.45) is -1.03. The minimum absolute atomic E-state index is 0.145. The Hall–Kier alpha value is -3.03. The highest BCUT2D eigenvalue weighted by Crippen LogP contribution is 2.37. The zero-order chi connectivity index (χ0) is 21.3. The van der Waals surface area contributed by atoms with Gasteiger partial charge in [-0.05, 0) is 48.9 Å². The van der Waals surface area contributed by atoms with Gasteiger partial charge in [0.15, 0.2) is 6.10 Å². The van der Waals surface area contributed by atoms with E-state index in [0.717, 1.165) is 5.56 Å². The number of rotatable bonds is 4. The molecule has 0 aliphatic carbocycles. The molecule has 0 aromatic heterocycles. The number of benzene rings is 3. The average molecular weight is 443 g/mol. The zero-order valence-electron chi connectivity index (χ0n) is 16.1. The third-order valence-electron chi connectivity index (χ3n) is 4.82. The highest BCUT2D eigenvalue weighted by atomic mass is 35.5. The van der Waals surface area contributed by atoms with Crippen molar-refractivity contribution in [2.45, 2.75) is 17.9 Å². The maximum Gasteiger partial charge on any atom is 0.267 e. The van der Waals surface area contributed by atoms with E-state index in [-0.39, 0.29) is 11.4 Å². The van der Waals surface area contributed by atoms with Gasteiger partial charge in [-0.1, -0.05) is 48.0 Å². The monoisotopic (exact) mass is 442 g/mol. The number of ether oxygens (including phenoxy) is 1. The Bertz CT molecular complexity index is 1200. The SMILES string of the molecule is Cc1ccc(Cl)cc1NC(=O)[C@H]1CN(S(=O)(=O)c2ccccc2)c2ccccc2O1. The normalized spacial score (nSPS) is 15.8. The quantitative estimate of drug-likeness (QED) is 0.655. The number of sulfonamides is 1. The Morgan fingerprint density at radius 3 is 2.53 bits per heavy atom. The Kier molecular flexibility index (Phi) is 5.40. The van der Waals surface area contributed by atoms with Gasteiger partial charge in [0.25, 0.3) is 15.9 Å². The molecule has 0 fully saturated rings. The summed E-state index contributed by atoms with van der Waals surface area (Å²) in [5.74, 6) is -0.130. The van der Waals surface area contributed by atoms with Crippen LogP contribution in [0.3, 0.4) is 0 Å². The molecule has 1 atom stereocenters. The van der Waals surface area contributed by atoms with Crippen LogP contribution in [0.15, 0.2) is 77.7 Å². The van der Waals surface area contributed by atoms with Gasteiger partial charge in [0.05, 0.1) is 17.1 Å². The number of halogens is 1. The van der Waals surface area contributed by atoms with Crippen LogP contribution in [0.4, 0.5) is 11.4 Å². The van der Waals surface area contributed by atoms with Crippen molar-refractivity contribution in [1.29, 1.82) is 0 Å². The number of carbonyl (C=O) groups is 1. The summed E-state index contributed by atoms with van der Waals surface area (Å²) in [5.41, 5.74) is 1.77. The zero-order valence-corrected chi connectivity index (χ0v) is 17.7. The van der Waals surface area contributed by atoms with Crippen LogP contribution in [-0.2, 0) is 14.8 Å². The number of anilines is 2. The van der Waals surface area contributed by atoms with Gasteiger partial charge < -0.3 is 10.1 Å². The largest absolute Gasteiger partial charge is 0.476 e. The summed E-state index contributed by atoms with van der Waals surface area (Å²) in [5, 5.41) is 3.28. The van der Waals surface area contributed by atoms with E-state index < -0.39 is 22.0 Å². The predicted octanol–water partition coefficient (Wildman–Crippen LogP) is 4.24. The second-order valence-electron chi connectivity index (χ2n) is 6.87. The highest BCUT2D eigenvalue weighted by Gasteiger charge is 2.37. The number of nitrogens with zero attached hydrogens (tertiary/aromatic N) is 1. The molecule has 154 valence electrons. The summed E-state index contributed by atoms with van der Waals surface area (Å²) in [6, 6.07) is 20.0. The molecule has 0 spiro atoms. The van der Waals surface area contributed by atoms with Gasteiger partial charge >= 0.3 is 0 Å². The summed E-state index contributed by atoms with van der Waals surface area (Å²) < 4.78 is 33.7. The molecular weight excluding hydrogens is 424 g/mol. The number of hydrogen-bond acceptors (Lipinski definition) is 4. The molecule has 0 saturated heterocycles. The first-order valence-electron chi connectivity index (χ1n) is 9.27. The molecule has 1 amide bonds. The average Bonchev–Trinajstić information content (AvgIpc) is 2.76. The number of hydrogen-bond donors (Lipinski definition) is 1. The molecule has 1 aliphatic rings. The van der Waals surface area contributed by atoms with E-state index in [2.05, 4.69) is 5.32 Å². The summed E-state index contributed by atoms with van der Waals surface area (Å²) >= 11 is 6.03. The van der Waals surface area contributed by atoms with Crippen LogP contribution in [0, 0.1) is 6.92 Å². The lowest BCUT2D eigenvalue weighted by atomic mass is 10.1. The van der Waals surface area contributed by atoms with Gasteiger partial charge in [0.2, 0.25) is 0 Å². The van der Waals surface area contributed by atoms with Crippen LogP contribution in [0.1, 0.15) is 5.56 Å². The minimum Gasteiger partial charge on any atom is -0.476 e. The third-order valence-corrected chi connectivity index (χ3v) is 6.84. The van der Waals surface area contributed by atoms with Crippen molar-refractivity contribution >= 4 is 38.9 Å². The summed E-state index contributed by atoms with van der Waals surface area (Å²) in [7, 11) is -3.88. The van der Waals surface area contributed by atoms with Crippen LogP contribution in [0.25, 0.3) is 0 Å². The second kappa shape index (κ2) is 8.01. The molecule has 0 saturated carbocycles. The van der Waals surface area contributed by atoms with Crippen LogP contribution in [0.5, 0.6) is 5.75 Å². The fraction of sp³-hybridized carbons (Fsp3) is 0.136. The van der Waals surface area contributed by atoms with Crippen molar-refractivity contribution in [2.75, 3.05) is 16.2 Å². The molecule has 1 aliphatic heterocycles. The Balaban J connectivity index is 1.68. The highest BCUT2D eigenvalue weighted by molar-refractivity contribution is 7.92. The molecule has 30 heavy (non-hydrogen) atoms. The lowest BCUT2D eigenvalue weighted by Gasteiger charge is -2.34. The number of para-hydroxylation sites is 2. The van der Waals surface area contributed by atoms with Gasteiger partial charge in [0, 0.05) is 10.7 Å². The molecule has 1 heterocycles. The van der Waals surface area contributed by atoms with E-state index >= 15 is 0 Å². The summed E-state index contributed by atoms with van der Waals surface area (Å²) in [6.45, 7) is 1.69. The summed E-state index contributed by atoms with van der Waals surface area (Å²) in [4.78, 5) is 13.1. The van der Waals surface area contributed by atoms with Crippen LogP contribution >= 0.6 is 11.6 Å². The molecule has 0 bridgehead atoms. The Labute approximate surface area is 180 Å². The van der Waals surface area contributed by atoms with Crippen molar-refractivity contribution in [3.8, 4) is 5.75 Å². The van der Waals surface area contributed by atoms with Crippen LogP contribution in [-0.4, -0.2) is 27.0 Å². The van der Waals surface area contributed by atoms with Gasteiger partial charge in [-0.2, -0.15) is 0 Å². The van der Waals surface area contributed by atoms with Crippen molar-refractivity contribution in [3.05, 3.63) is 83.4 Å². The predicted molar refractivity (Wildman–Crippen MR) is 117 cm³/mol. The standard InChI is InChI=1S/C22H19ClN2O4S/c1-15-11-12-16(23)13-18(15)24-22(26)21-14-25(19-9-5-6-10-20(19)29-21)30(27,28)17-7-3-2-4-8-17/h2-13,21H,14H2,1H3,(H,24,26)/t21-/m1/s1. The van der Waals surface area contributed by atoms with E-state index in [4.69, 9.17) is 16.3 Å². The fourth-order valence-corrected chi connectivity index (χ4v) is 4.90. The fourth-order valence-electron chi connectivity index (χ4n) is 3.23. The van der Waals surface area contributed by atoms with Crippen molar-refractivity contribution in [1.82, 2.24) is 0 Å². The number of aryl methyl sites for hydroxylation is 1. The molecule has 1 N–H and O–H groups in total. The smallest absolute Gasteiger partial charge is 0.267 e. The van der Waals surface area contributed by atoms with E-state index in [1.54, 1.807) is 60.7 Å². The third kappa shape index (κ3) is 3.86. The molecule has 4 rings (SSSR count). The Morgan fingerprint density at radius 1 is 1.07 bits per heavy atom. The van der Waals surface area contributed by atoms with Crippen molar-refractivity contribution < 1.29 is 17.9 Å². The first kappa shape index (κ1) is 20.3. The van der Waals surface area contributed by atoms with E-state index in [0.29, 0.717) is 22.1 Å². The topological polar surface area (TPSA) is 75.7 Å². The van der Waals surface area contributed by atoms with Gasteiger partial charge in [-0.15, -0.1) is 0 Å².